The summed E-state index contributed by atoms with van der Waals surface area (Å²) in [5, 5.41) is 3.31. The highest BCUT2D eigenvalue weighted by Crippen LogP contribution is 2.35. The fraction of sp³-hybridized carbons (Fsp3) is 0.571. The van der Waals surface area contributed by atoms with Crippen molar-refractivity contribution in [2.24, 2.45) is 5.92 Å². The van der Waals surface area contributed by atoms with Gasteiger partial charge in [0.05, 0.1) is 15.6 Å². The Labute approximate surface area is 127 Å². The SMILES string of the molecule is CCNCc1cc(Br)c(OCCC(C)C)c(Br)c1. The Balaban J connectivity index is 2.68. The molecule has 1 rings (SSSR count). The lowest BCUT2D eigenvalue weighted by atomic mass is 10.1. The molecule has 0 fully saturated rings. The van der Waals surface area contributed by atoms with Crippen LogP contribution in [-0.2, 0) is 6.54 Å². The highest BCUT2D eigenvalue weighted by molar-refractivity contribution is 9.11. The second-order valence-corrected chi connectivity index (χ2v) is 6.41. The van der Waals surface area contributed by atoms with Crippen LogP contribution in [0.3, 0.4) is 0 Å². The highest BCUT2D eigenvalue weighted by Gasteiger charge is 2.09. The van der Waals surface area contributed by atoms with Crippen LogP contribution in [0.4, 0.5) is 0 Å². The Morgan fingerprint density at radius 2 is 1.83 bits per heavy atom. The largest absolute Gasteiger partial charge is 0.491 e. The summed E-state index contributed by atoms with van der Waals surface area (Å²) in [6.07, 6.45) is 1.07. The van der Waals surface area contributed by atoms with E-state index in [-0.39, 0.29) is 0 Å². The van der Waals surface area contributed by atoms with Crippen molar-refractivity contribution in [3.63, 3.8) is 0 Å². The number of nitrogens with one attached hydrogen (secondary N) is 1. The topological polar surface area (TPSA) is 21.3 Å². The average molecular weight is 379 g/mol. The summed E-state index contributed by atoms with van der Waals surface area (Å²) < 4.78 is 7.84. The monoisotopic (exact) mass is 377 g/mol. The van der Waals surface area contributed by atoms with Crippen molar-refractivity contribution in [1.82, 2.24) is 5.32 Å². The number of ether oxygens (including phenoxy) is 1. The summed E-state index contributed by atoms with van der Waals surface area (Å²) in [4.78, 5) is 0. The molecule has 0 saturated carbocycles. The minimum absolute atomic E-state index is 0.663. The van der Waals surface area contributed by atoms with Gasteiger partial charge in [-0.15, -0.1) is 0 Å². The standard InChI is InChI=1S/C14H21Br2NO/c1-4-17-9-11-7-12(15)14(13(16)8-11)18-6-5-10(2)3/h7-8,10,17H,4-6,9H2,1-3H3. The van der Waals surface area contributed by atoms with Gasteiger partial charge in [-0.25, -0.2) is 0 Å². The van der Waals surface area contributed by atoms with Gasteiger partial charge in [0.15, 0.2) is 0 Å². The van der Waals surface area contributed by atoms with Crippen molar-refractivity contribution in [2.75, 3.05) is 13.2 Å². The average Bonchev–Trinajstić information content (AvgIpc) is 2.29. The number of halogens is 2. The van der Waals surface area contributed by atoms with Crippen LogP contribution in [0.15, 0.2) is 21.1 Å². The third-order valence-corrected chi connectivity index (χ3v) is 3.76. The Hall–Kier alpha value is -0.0600. The molecule has 1 aromatic carbocycles. The van der Waals surface area contributed by atoms with Gasteiger partial charge in [-0.3, -0.25) is 0 Å². The molecular weight excluding hydrogens is 358 g/mol. The zero-order valence-corrected chi connectivity index (χ0v) is 14.4. The first-order valence-corrected chi connectivity index (χ1v) is 7.94. The van der Waals surface area contributed by atoms with Crippen LogP contribution in [-0.4, -0.2) is 13.2 Å². The van der Waals surface area contributed by atoms with Crippen LogP contribution >= 0.6 is 31.9 Å². The minimum atomic E-state index is 0.663. The molecule has 0 heterocycles. The van der Waals surface area contributed by atoms with Crippen LogP contribution < -0.4 is 10.1 Å². The molecule has 2 nitrogen and oxygen atoms in total. The van der Waals surface area contributed by atoms with Crippen LogP contribution in [0.1, 0.15) is 32.8 Å². The zero-order chi connectivity index (χ0) is 13.5. The van der Waals surface area contributed by atoms with E-state index >= 15 is 0 Å². The summed E-state index contributed by atoms with van der Waals surface area (Å²) in [6, 6.07) is 4.22. The molecule has 4 heteroatoms. The van der Waals surface area contributed by atoms with E-state index in [9.17, 15) is 0 Å². The third-order valence-electron chi connectivity index (χ3n) is 2.58. The van der Waals surface area contributed by atoms with Gasteiger partial charge in [0, 0.05) is 6.54 Å². The third kappa shape index (κ3) is 5.29. The van der Waals surface area contributed by atoms with Crippen molar-refractivity contribution in [3.8, 4) is 5.75 Å². The number of rotatable bonds is 7. The molecule has 18 heavy (non-hydrogen) atoms. The van der Waals surface area contributed by atoms with Crippen LogP contribution in [0.25, 0.3) is 0 Å². The predicted octanol–water partition coefficient (Wildman–Crippen LogP) is 4.75. The van der Waals surface area contributed by atoms with Crippen LogP contribution in [0.5, 0.6) is 5.75 Å². The molecule has 102 valence electrons. The van der Waals surface area contributed by atoms with E-state index in [1.807, 2.05) is 0 Å². The van der Waals surface area contributed by atoms with Crippen molar-refractivity contribution in [1.29, 1.82) is 0 Å². The van der Waals surface area contributed by atoms with Gasteiger partial charge < -0.3 is 10.1 Å². The van der Waals surface area contributed by atoms with Crippen molar-refractivity contribution in [2.45, 2.75) is 33.7 Å². The molecule has 0 unspecified atom stereocenters. The van der Waals surface area contributed by atoms with E-state index in [4.69, 9.17) is 4.74 Å². The first-order valence-electron chi connectivity index (χ1n) is 6.36. The normalized spacial score (nSPS) is 11.0. The van der Waals surface area contributed by atoms with Gasteiger partial charge in [-0.2, -0.15) is 0 Å². The number of benzene rings is 1. The first-order chi connectivity index (χ1) is 8.54. The fourth-order valence-electron chi connectivity index (χ4n) is 1.52. The Kier molecular flexibility index (Phi) is 7.27. The van der Waals surface area contributed by atoms with Gasteiger partial charge in [0.25, 0.3) is 0 Å². The molecule has 0 spiro atoms. The molecular formula is C14H21Br2NO. The Morgan fingerprint density at radius 1 is 1.22 bits per heavy atom. The van der Waals surface area contributed by atoms with E-state index in [2.05, 4.69) is 70.1 Å². The molecule has 0 aromatic heterocycles. The second kappa shape index (κ2) is 8.18. The molecule has 1 N–H and O–H groups in total. The molecule has 0 aliphatic heterocycles. The van der Waals surface area contributed by atoms with Gasteiger partial charge in [-0.1, -0.05) is 20.8 Å². The van der Waals surface area contributed by atoms with Crippen molar-refractivity contribution >= 4 is 31.9 Å². The van der Waals surface area contributed by atoms with Crippen LogP contribution in [0.2, 0.25) is 0 Å². The van der Waals surface area contributed by atoms with E-state index in [0.717, 1.165) is 40.8 Å². The van der Waals surface area contributed by atoms with Gasteiger partial charge >= 0.3 is 0 Å². The molecule has 0 aliphatic rings. The van der Waals surface area contributed by atoms with E-state index in [1.54, 1.807) is 0 Å². The summed E-state index contributed by atoms with van der Waals surface area (Å²) in [5.74, 6) is 1.56. The summed E-state index contributed by atoms with van der Waals surface area (Å²) in [5.41, 5.74) is 1.24. The second-order valence-electron chi connectivity index (χ2n) is 4.70. The van der Waals surface area contributed by atoms with Gasteiger partial charge in [-0.05, 0) is 68.4 Å². The Bertz CT molecular complexity index is 357. The van der Waals surface area contributed by atoms with Crippen LogP contribution in [0, 0.1) is 5.92 Å². The summed E-state index contributed by atoms with van der Waals surface area (Å²) in [6.45, 7) is 9.11. The highest BCUT2D eigenvalue weighted by atomic mass is 79.9. The maximum Gasteiger partial charge on any atom is 0.147 e. The van der Waals surface area contributed by atoms with Gasteiger partial charge in [0.2, 0.25) is 0 Å². The van der Waals surface area contributed by atoms with E-state index in [0.29, 0.717) is 5.92 Å². The molecule has 0 saturated heterocycles. The lowest BCUT2D eigenvalue weighted by Gasteiger charge is -2.13. The van der Waals surface area contributed by atoms with Crippen molar-refractivity contribution in [3.05, 3.63) is 26.6 Å². The smallest absolute Gasteiger partial charge is 0.147 e. The van der Waals surface area contributed by atoms with Crippen molar-refractivity contribution < 1.29 is 4.74 Å². The molecule has 0 atom stereocenters. The van der Waals surface area contributed by atoms with E-state index < -0.39 is 0 Å². The molecule has 1 aromatic rings. The summed E-state index contributed by atoms with van der Waals surface area (Å²) in [7, 11) is 0. The molecule has 0 amide bonds. The number of hydrogen-bond donors (Lipinski definition) is 1. The molecule has 0 aliphatic carbocycles. The maximum atomic E-state index is 5.82. The van der Waals surface area contributed by atoms with E-state index in [1.165, 1.54) is 5.56 Å². The quantitative estimate of drug-likeness (QED) is 0.739. The molecule has 0 bridgehead atoms. The maximum absolute atomic E-state index is 5.82. The molecule has 0 radical (unpaired) electrons. The minimum Gasteiger partial charge on any atom is -0.491 e. The lowest BCUT2D eigenvalue weighted by Crippen LogP contribution is -2.12. The zero-order valence-electron chi connectivity index (χ0n) is 11.2. The first kappa shape index (κ1) is 16.0. The predicted molar refractivity (Wildman–Crippen MR) is 84.2 cm³/mol. The Morgan fingerprint density at radius 3 is 2.33 bits per heavy atom. The fourth-order valence-corrected chi connectivity index (χ4v) is 3.03. The number of hydrogen-bond acceptors (Lipinski definition) is 2. The lowest BCUT2D eigenvalue weighted by molar-refractivity contribution is 0.286. The van der Waals surface area contributed by atoms with Gasteiger partial charge in [0.1, 0.15) is 5.75 Å². The summed E-state index contributed by atoms with van der Waals surface area (Å²) >= 11 is 7.15.